The van der Waals surface area contributed by atoms with Crippen molar-refractivity contribution < 1.29 is 4.79 Å². The first kappa shape index (κ1) is 17.7. The van der Waals surface area contributed by atoms with Crippen LogP contribution in [0.3, 0.4) is 0 Å². The number of nitrogens with one attached hydrogen (secondary N) is 2. The highest BCUT2D eigenvalue weighted by molar-refractivity contribution is 5.84. The SMILES string of the molecule is Cc1nc2c(c(C)c1CC(=O)NCCc1ccc(N)cc1)c(=O)[nH]n2C. The van der Waals surface area contributed by atoms with Crippen molar-refractivity contribution in [2.24, 2.45) is 7.05 Å². The third kappa shape index (κ3) is 3.46. The van der Waals surface area contributed by atoms with Crippen LogP contribution in [0.15, 0.2) is 29.1 Å². The summed E-state index contributed by atoms with van der Waals surface area (Å²) in [5.41, 5.74) is 10.3. The Labute approximate surface area is 151 Å². The molecule has 2 heterocycles. The second-order valence-electron chi connectivity index (χ2n) is 6.52. The van der Waals surface area contributed by atoms with Crippen molar-refractivity contribution in [2.75, 3.05) is 12.3 Å². The minimum Gasteiger partial charge on any atom is -0.399 e. The largest absolute Gasteiger partial charge is 0.399 e. The van der Waals surface area contributed by atoms with Gasteiger partial charge in [-0.2, -0.15) is 0 Å². The molecule has 26 heavy (non-hydrogen) atoms. The summed E-state index contributed by atoms with van der Waals surface area (Å²) in [7, 11) is 1.75. The topological polar surface area (TPSA) is 106 Å². The van der Waals surface area contributed by atoms with Crippen LogP contribution in [0.1, 0.15) is 22.4 Å². The molecule has 1 amide bonds. The smallest absolute Gasteiger partial charge is 0.273 e. The number of carbonyl (C=O) groups is 1. The number of pyridine rings is 1. The first-order chi connectivity index (χ1) is 12.4. The lowest BCUT2D eigenvalue weighted by Crippen LogP contribution is -2.28. The van der Waals surface area contributed by atoms with Gasteiger partial charge in [0.1, 0.15) is 0 Å². The molecule has 2 aromatic heterocycles. The Bertz CT molecular complexity index is 1020. The summed E-state index contributed by atoms with van der Waals surface area (Å²) >= 11 is 0. The Balaban J connectivity index is 1.70. The summed E-state index contributed by atoms with van der Waals surface area (Å²) in [4.78, 5) is 28.9. The zero-order valence-electron chi connectivity index (χ0n) is 15.2. The van der Waals surface area contributed by atoms with Crippen molar-refractivity contribution in [3.05, 3.63) is 57.0 Å². The van der Waals surface area contributed by atoms with Crippen molar-refractivity contribution in [1.29, 1.82) is 0 Å². The molecule has 136 valence electrons. The number of aryl methyl sites for hydroxylation is 3. The van der Waals surface area contributed by atoms with Gasteiger partial charge in [-0.3, -0.25) is 19.4 Å². The minimum absolute atomic E-state index is 0.0832. The fourth-order valence-corrected chi connectivity index (χ4v) is 3.16. The van der Waals surface area contributed by atoms with E-state index >= 15 is 0 Å². The highest BCUT2D eigenvalue weighted by Crippen LogP contribution is 2.20. The molecular weight excluding hydrogens is 330 g/mol. The first-order valence-corrected chi connectivity index (χ1v) is 8.52. The van der Waals surface area contributed by atoms with Crippen LogP contribution < -0.4 is 16.6 Å². The predicted molar refractivity (Wildman–Crippen MR) is 102 cm³/mol. The number of anilines is 1. The first-order valence-electron chi connectivity index (χ1n) is 8.52. The van der Waals surface area contributed by atoms with Crippen LogP contribution in [0.2, 0.25) is 0 Å². The Kier molecular flexibility index (Phi) is 4.79. The summed E-state index contributed by atoms with van der Waals surface area (Å²) in [5, 5.41) is 6.18. The van der Waals surface area contributed by atoms with Gasteiger partial charge in [0.25, 0.3) is 5.56 Å². The molecule has 0 saturated heterocycles. The van der Waals surface area contributed by atoms with E-state index in [1.165, 1.54) is 0 Å². The molecule has 3 rings (SSSR count). The van der Waals surface area contributed by atoms with E-state index in [0.717, 1.165) is 34.5 Å². The Morgan fingerprint density at radius 3 is 2.65 bits per heavy atom. The molecule has 0 saturated carbocycles. The molecule has 0 radical (unpaired) electrons. The number of nitrogens with two attached hydrogens (primary N) is 1. The van der Waals surface area contributed by atoms with Crippen LogP contribution in [-0.4, -0.2) is 27.2 Å². The number of amides is 1. The average molecular weight is 353 g/mol. The van der Waals surface area contributed by atoms with Crippen molar-refractivity contribution in [3.8, 4) is 0 Å². The summed E-state index contributed by atoms with van der Waals surface area (Å²) in [6.45, 7) is 4.27. The Morgan fingerprint density at radius 1 is 1.27 bits per heavy atom. The van der Waals surface area contributed by atoms with Gasteiger partial charge in [-0.25, -0.2) is 4.98 Å². The van der Waals surface area contributed by atoms with Crippen molar-refractivity contribution in [1.82, 2.24) is 20.1 Å². The lowest BCUT2D eigenvalue weighted by molar-refractivity contribution is -0.120. The standard InChI is InChI=1S/C19H23N5O2/c1-11-15(12(2)22-18-17(11)19(26)23-24(18)3)10-16(25)21-9-8-13-4-6-14(20)7-5-13/h4-7H,8-10,20H2,1-3H3,(H,21,25)(H,23,26). The summed E-state index contributed by atoms with van der Waals surface area (Å²) in [6, 6.07) is 7.61. The fraction of sp³-hybridized carbons (Fsp3) is 0.316. The average Bonchev–Trinajstić information content (AvgIpc) is 2.87. The van der Waals surface area contributed by atoms with E-state index in [1.54, 1.807) is 11.7 Å². The molecule has 0 bridgehead atoms. The van der Waals surface area contributed by atoms with E-state index in [0.29, 0.717) is 17.6 Å². The number of nitrogens with zero attached hydrogens (tertiary/aromatic N) is 2. The monoisotopic (exact) mass is 353 g/mol. The number of aromatic amines is 1. The minimum atomic E-state index is -0.183. The van der Waals surface area contributed by atoms with Gasteiger partial charge in [-0.15, -0.1) is 0 Å². The van der Waals surface area contributed by atoms with Gasteiger partial charge < -0.3 is 11.1 Å². The molecular formula is C19H23N5O2. The van der Waals surface area contributed by atoms with Crippen LogP contribution in [-0.2, 0) is 24.7 Å². The number of hydrogen-bond acceptors (Lipinski definition) is 4. The lowest BCUT2D eigenvalue weighted by atomic mass is 10.0. The predicted octanol–water partition coefficient (Wildman–Crippen LogP) is 1.36. The highest BCUT2D eigenvalue weighted by atomic mass is 16.1. The summed E-state index contributed by atoms with van der Waals surface area (Å²) in [6.07, 6.45) is 0.941. The van der Waals surface area contributed by atoms with E-state index in [1.807, 2.05) is 38.1 Å². The van der Waals surface area contributed by atoms with Gasteiger partial charge in [0.15, 0.2) is 5.65 Å². The normalized spacial score (nSPS) is 11.0. The summed E-state index contributed by atoms with van der Waals surface area (Å²) < 4.78 is 1.61. The molecule has 7 nitrogen and oxygen atoms in total. The van der Waals surface area contributed by atoms with Crippen molar-refractivity contribution in [3.63, 3.8) is 0 Å². The molecule has 0 aliphatic heterocycles. The second-order valence-corrected chi connectivity index (χ2v) is 6.52. The fourth-order valence-electron chi connectivity index (χ4n) is 3.16. The van der Waals surface area contributed by atoms with E-state index in [-0.39, 0.29) is 17.9 Å². The molecule has 0 fully saturated rings. The molecule has 0 unspecified atom stereocenters. The maximum absolute atomic E-state index is 12.3. The molecule has 0 aliphatic rings. The zero-order chi connectivity index (χ0) is 18.8. The Hall–Kier alpha value is -3.09. The van der Waals surface area contributed by atoms with Crippen LogP contribution in [0.5, 0.6) is 0 Å². The van der Waals surface area contributed by atoms with Gasteiger partial charge in [0, 0.05) is 25.0 Å². The molecule has 0 atom stereocenters. The number of hydrogen-bond donors (Lipinski definition) is 3. The lowest BCUT2D eigenvalue weighted by Gasteiger charge is -2.11. The molecule has 3 aromatic rings. The number of fused-ring (bicyclic) bond motifs is 1. The molecule has 4 N–H and O–H groups in total. The number of rotatable bonds is 5. The van der Waals surface area contributed by atoms with Gasteiger partial charge in [0.05, 0.1) is 11.8 Å². The number of H-pyrrole nitrogens is 1. The number of carbonyl (C=O) groups excluding carboxylic acids is 1. The zero-order valence-corrected chi connectivity index (χ0v) is 15.2. The number of aromatic nitrogens is 3. The number of nitrogen functional groups attached to an aromatic ring is 1. The van der Waals surface area contributed by atoms with Gasteiger partial charge in [0.2, 0.25) is 5.91 Å². The van der Waals surface area contributed by atoms with E-state index in [2.05, 4.69) is 15.4 Å². The highest BCUT2D eigenvalue weighted by Gasteiger charge is 2.17. The van der Waals surface area contributed by atoms with Crippen molar-refractivity contribution >= 4 is 22.6 Å². The molecule has 0 aliphatic carbocycles. The van der Waals surface area contributed by atoms with E-state index in [4.69, 9.17) is 5.73 Å². The quantitative estimate of drug-likeness (QED) is 0.602. The second kappa shape index (κ2) is 7.03. The Morgan fingerprint density at radius 2 is 1.96 bits per heavy atom. The van der Waals surface area contributed by atoms with Gasteiger partial charge in [-0.1, -0.05) is 12.1 Å². The van der Waals surface area contributed by atoms with Crippen molar-refractivity contribution in [2.45, 2.75) is 26.7 Å². The maximum atomic E-state index is 12.3. The summed E-state index contributed by atoms with van der Waals surface area (Å²) in [5.74, 6) is -0.0832. The van der Waals surface area contributed by atoms with E-state index in [9.17, 15) is 9.59 Å². The molecule has 7 heteroatoms. The maximum Gasteiger partial charge on any atom is 0.273 e. The van der Waals surface area contributed by atoms with Crippen LogP contribution in [0, 0.1) is 13.8 Å². The third-order valence-electron chi connectivity index (χ3n) is 4.63. The van der Waals surface area contributed by atoms with Crippen LogP contribution in [0.4, 0.5) is 5.69 Å². The van der Waals surface area contributed by atoms with Gasteiger partial charge in [-0.05, 0) is 49.1 Å². The van der Waals surface area contributed by atoms with Crippen LogP contribution >= 0.6 is 0 Å². The van der Waals surface area contributed by atoms with E-state index < -0.39 is 0 Å². The number of benzene rings is 1. The molecule has 0 spiro atoms. The molecule has 1 aromatic carbocycles. The van der Waals surface area contributed by atoms with Gasteiger partial charge >= 0.3 is 0 Å². The van der Waals surface area contributed by atoms with Crippen LogP contribution in [0.25, 0.3) is 11.0 Å². The third-order valence-corrected chi connectivity index (χ3v) is 4.63.